The van der Waals surface area contributed by atoms with E-state index in [1.165, 1.54) is 22.8 Å². The summed E-state index contributed by atoms with van der Waals surface area (Å²) in [5.74, 6) is -0.643. The lowest BCUT2D eigenvalue weighted by Crippen LogP contribution is -2.27. The molecule has 0 fully saturated rings. The molecular weight excluding hydrogens is 342 g/mol. The number of amides is 1. The number of carbonyl (C=O) groups is 1. The molecule has 9 heteroatoms. The van der Waals surface area contributed by atoms with Gasteiger partial charge in [0.2, 0.25) is 5.91 Å². The highest BCUT2D eigenvalue weighted by atomic mass is 32.2. The molecule has 0 aliphatic rings. The van der Waals surface area contributed by atoms with Crippen LogP contribution in [-0.2, 0) is 10.0 Å². The van der Waals surface area contributed by atoms with Crippen molar-refractivity contribution in [3.63, 3.8) is 0 Å². The Morgan fingerprint density at radius 2 is 2.14 bits per heavy atom. The van der Waals surface area contributed by atoms with Gasteiger partial charge in [-0.2, -0.15) is 0 Å². The number of primary amides is 1. The minimum absolute atomic E-state index is 0.0738. The Morgan fingerprint density at radius 3 is 2.59 bits per heavy atom. The first-order valence-electron chi connectivity index (χ1n) is 6.59. The van der Waals surface area contributed by atoms with Gasteiger partial charge in [-0.1, -0.05) is 6.92 Å². The Hall–Kier alpha value is -1.29. The molecule has 0 aliphatic carbocycles. The smallest absolute Gasteiger partial charge is 0.250 e. The third-order valence-corrected chi connectivity index (χ3v) is 7.27. The second-order valence-corrected chi connectivity index (χ2v) is 8.88. The first-order valence-corrected chi connectivity index (χ1v) is 9.77. The third-order valence-electron chi connectivity index (χ3n) is 3.17. The summed E-state index contributed by atoms with van der Waals surface area (Å²) in [4.78, 5) is 16.6. The molecule has 3 N–H and O–H groups in total. The standard InChI is InChI=1S/C13H17N3O3S3/c1-4-10(13-15-7(2)8(3)21-13)16-22(18,19)11-5-9(6-20-11)12(14)17/h5-6,10,16H,4H2,1-3H3,(H2,14,17)/t10-/m0/s1. The van der Waals surface area contributed by atoms with Crippen LogP contribution in [0.3, 0.4) is 0 Å². The van der Waals surface area contributed by atoms with Crippen molar-refractivity contribution < 1.29 is 13.2 Å². The van der Waals surface area contributed by atoms with Gasteiger partial charge in [0.1, 0.15) is 9.22 Å². The number of rotatable bonds is 6. The average molecular weight is 359 g/mol. The van der Waals surface area contributed by atoms with Crippen LogP contribution in [0.15, 0.2) is 15.7 Å². The predicted molar refractivity (Wildman–Crippen MR) is 87.8 cm³/mol. The molecule has 1 atom stereocenters. The van der Waals surface area contributed by atoms with E-state index in [9.17, 15) is 13.2 Å². The van der Waals surface area contributed by atoms with E-state index >= 15 is 0 Å². The number of aryl methyl sites for hydroxylation is 2. The number of sulfonamides is 1. The maximum Gasteiger partial charge on any atom is 0.250 e. The highest BCUT2D eigenvalue weighted by Crippen LogP contribution is 2.28. The highest BCUT2D eigenvalue weighted by Gasteiger charge is 2.24. The molecule has 0 saturated carbocycles. The quantitative estimate of drug-likeness (QED) is 0.826. The van der Waals surface area contributed by atoms with E-state index in [0.717, 1.165) is 26.9 Å². The number of aromatic nitrogens is 1. The summed E-state index contributed by atoms with van der Waals surface area (Å²) in [5, 5.41) is 2.18. The molecule has 2 aromatic rings. The van der Waals surface area contributed by atoms with E-state index in [1.54, 1.807) is 0 Å². The van der Waals surface area contributed by atoms with Crippen LogP contribution in [-0.4, -0.2) is 19.3 Å². The number of hydrogen-bond acceptors (Lipinski definition) is 6. The molecule has 120 valence electrons. The minimum Gasteiger partial charge on any atom is -0.366 e. The fourth-order valence-corrected chi connectivity index (χ4v) is 5.39. The first kappa shape index (κ1) is 17.1. The molecule has 0 aromatic carbocycles. The van der Waals surface area contributed by atoms with Crippen molar-refractivity contribution >= 4 is 38.6 Å². The summed E-state index contributed by atoms with van der Waals surface area (Å²) >= 11 is 2.46. The number of hydrogen-bond donors (Lipinski definition) is 2. The molecule has 0 radical (unpaired) electrons. The van der Waals surface area contributed by atoms with Gasteiger partial charge in [-0.25, -0.2) is 18.1 Å². The Kier molecular flexibility index (Phi) is 5.00. The fraction of sp³-hybridized carbons (Fsp3) is 0.385. The maximum absolute atomic E-state index is 12.4. The normalized spacial score (nSPS) is 13.2. The van der Waals surface area contributed by atoms with Crippen LogP contribution in [0.25, 0.3) is 0 Å². The lowest BCUT2D eigenvalue weighted by atomic mass is 10.2. The molecule has 0 unspecified atom stereocenters. The molecular formula is C13H17N3O3S3. The minimum atomic E-state index is -3.71. The van der Waals surface area contributed by atoms with E-state index < -0.39 is 15.9 Å². The van der Waals surface area contributed by atoms with Crippen LogP contribution in [0.2, 0.25) is 0 Å². The molecule has 22 heavy (non-hydrogen) atoms. The van der Waals surface area contributed by atoms with Crippen molar-refractivity contribution in [3.05, 3.63) is 32.6 Å². The average Bonchev–Trinajstić information content (AvgIpc) is 3.05. The predicted octanol–water partition coefficient (Wildman–Crippen LogP) is 2.35. The van der Waals surface area contributed by atoms with Crippen molar-refractivity contribution in [2.24, 2.45) is 5.73 Å². The van der Waals surface area contributed by atoms with E-state index in [-0.39, 0.29) is 15.8 Å². The molecule has 2 rings (SSSR count). The van der Waals surface area contributed by atoms with Gasteiger partial charge in [0.25, 0.3) is 10.0 Å². The second-order valence-electron chi connectivity index (χ2n) is 4.79. The third kappa shape index (κ3) is 3.54. The number of thiophene rings is 1. The van der Waals surface area contributed by atoms with E-state index in [1.807, 2.05) is 20.8 Å². The van der Waals surface area contributed by atoms with Gasteiger partial charge in [-0.15, -0.1) is 22.7 Å². The van der Waals surface area contributed by atoms with Crippen molar-refractivity contribution in [3.8, 4) is 0 Å². The number of nitrogens with one attached hydrogen (secondary N) is 1. The van der Waals surface area contributed by atoms with Crippen LogP contribution in [0.5, 0.6) is 0 Å². The number of carbonyl (C=O) groups excluding carboxylic acids is 1. The summed E-state index contributed by atoms with van der Waals surface area (Å²) in [7, 11) is -3.71. The SMILES string of the molecule is CC[C@H](NS(=O)(=O)c1cc(C(N)=O)cs1)c1nc(C)c(C)s1. The largest absolute Gasteiger partial charge is 0.366 e. The second kappa shape index (κ2) is 6.45. The van der Waals surface area contributed by atoms with Gasteiger partial charge in [0, 0.05) is 10.3 Å². The fourth-order valence-electron chi connectivity index (χ4n) is 1.79. The summed E-state index contributed by atoms with van der Waals surface area (Å²) < 4.78 is 27.6. The van der Waals surface area contributed by atoms with Crippen LogP contribution in [0.1, 0.15) is 45.3 Å². The molecule has 0 spiro atoms. The molecule has 2 heterocycles. The van der Waals surface area contributed by atoms with Crippen LogP contribution in [0.4, 0.5) is 0 Å². The van der Waals surface area contributed by atoms with Gasteiger partial charge in [0.15, 0.2) is 0 Å². The van der Waals surface area contributed by atoms with Gasteiger partial charge in [0.05, 0.1) is 17.3 Å². The summed E-state index contributed by atoms with van der Waals surface area (Å²) in [6.07, 6.45) is 0.583. The van der Waals surface area contributed by atoms with Crippen LogP contribution in [0, 0.1) is 13.8 Å². The zero-order valence-corrected chi connectivity index (χ0v) is 14.9. The van der Waals surface area contributed by atoms with Gasteiger partial charge >= 0.3 is 0 Å². The molecule has 6 nitrogen and oxygen atoms in total. The Balaban J connectivity index is 2.27. The summed E-state index contributed by atoms with van der Waals surface area (Å²) in [6.45, 7) is 5.74. The van der Waals surface area contributed by atoms with Crippen LogP contribution >= 0.6 is 22.7 Å². The highest BCUT2D eigenvalue weighted by molar-refractivity contribution is 7.91. The molecule has 2 aromatic heterocycles. The van der Waals surface area contributed by atoms with Gasteiger partial charge in [-0.3, -0.25) is 4.79 Å². The Morgan fingerprint density at radius 1 is 1.45 bits per heavy atom. The molecule has 0 saturated heterocycles. The number of thiazole rings is 1. The van der Waals surface area contributed by atoms with E-state index in [2.05, 4.69) is 9.71 Å². The number of nitrogens with two attached hydrogens (primary N) is 1. The van der Waals surface area contributed by atoms with Crippen molar-refractivity contribution in [1.29, 1.82) is 0 Å². The van der Waals surface area contributed by atoms with Crippen LogP contribution < -0.4 is 10.5 Å². The zero-order chi connectivity index (χ0) is 16.5. The van der Waals surface area contributed by atoms with Crippen molar-refractivity contribution in [2.45, 2.75) is 37.4 Å². The lowest BCUT2D eigenvalue weighted by molar-refractivity contribution is 0.100. The summed E-state index contributed by atoms with van der Waals surface area (Å²) in [6, 6.07) is 0.905. The molecule has 0 bridgehead atoms. The topological polar surface area (TPSA) is 102 Å². The maximum atomic E-state index is 12.4. The number of nitrogens with zero attached hydrogens (tertiary/aromatic N) is 1. The van der Waals surface area contributed by atoms with Crippen molar-refractivity contribution in [1.82, 2.24) is 9.71 Å². The summed E-state index contributed by atoms with van der Waals surface area (Å²) in [5.41, 5.74) is 6.25. The van der Waals surface area contributed by atoms with Gasteiger partial charge in [-0.05, 0) is 26.3 Å². The first-order chi connectivity index (χ1) is 10.2. The van der Waals surface area contributed by atoms with Crippen molar-refractivity contribution in [2.75, 3.05) is 0 Å². The Bertz CT molecular complexity index is 773. The zero-order valence-electron chi connectivity index (χ0n) is 12.4. The Labute approximate surface area is 137 Å². The van der Waals surface area contributed by atoms with E-state index in [4.69, 9.17) is 5.73 Å². The van der Waals surface area contributed by atoms with Gasteiger partial charge < -0.3 is 5.73 Å². The molecule has 0 aliphatic heterocycles. The molecule has 1 amide bonds. The monoisotopic (exact) mass is 359 g/mol. The lowest BCUT2D eigenvalue weighted by Gasteiger charge is -2.13. The van der Waals surface area contributed by atoms with E-state index in [0.29, 0.717) is 6.42 Å².